The predicted molar refractivity (Wildman–Crippen MR) is 69.1 cm³/mol. The highest BCUT2D eigenvalue weighted by Gasteiger charge is 2.10. The molecule has 5 heteroatoms. The Morgan fingerprint density at radius 3 is 2.68 bits per heavy atom. The molecular formula is C14H16N2O3. The van der Waals surface area contributed by atoms with Gasteiger partial charge < -0.3 is 9.26 Å². The van der Waals surface area contributed by atoms with Crippen molar-refractivity contribution in [2.24, 2.45) is 0 Å². The fourth-order valence-corrected chi connectivity index (χ4v) is 1.65. The second kappa shape index (κ2) is 6.13. The Morgan fingerprint density at radius 1 is 1.32 bits per heavy atom. The Morgan fingerprint density at radius 2 is 2.05 bits per heavy atom. The summed E-state index contributed by atoms with van der Waals surface area (Å²) < 4.78 is 10.1. The summed E-state index contributed by atoms with van der Waals surface area (Å²) in [5.74, 6) is 1.88. The maximum Gasteiger partial charge on any atom is 0.234 e. The fourth-order valence-electron chi connectivity index (χ4n) is 1.65. The Balaban J connectivity index is 2.00. The summed E-state index contributed by atoms with van der Waals surface area (Å²) in [6, 6.07) is 7.67. The summed E-state index contributed by atoms with van der Waals surface area (Å²) in [5, 5.41) is 3.87. The van der Waals surface area contributed by atoms with Crippen molar-refractivity contribution in [2.75, 3.05) is 7.11 Å². The summed E-state index contributed by atoms with van der Waals surface area (Å²) >= 11 is 0. The Labute approximate surface area is 111 Å². The number of hydrogen-bond donors (Lipinski definition) is 0. The minimum atomic E-state index is 0.0969. The number of hydrogen-bond acceptors (Lipinski definition) is 5. The number of nitrogens with zero attached hydrogens (tertiary/aromatic N) is 2. The normalized spacial score (nSPS) is 10.4. The van der Waals surface area contributed by atoms with Gasteiger partial charge in [-0.05, 0) is 17.7 Å². The number of ether oxygens (including phenoxy) is 1. The minimum Gasteiger partial charge on any atom is -0.497 e. The van der Waals surface area contributed by atoms with Crippen LogP contribution in [0, 0.1) is 0 Å². The van der Waals surface area contributed by atoms with Crippen molar-refractivity contribution >= 4 is 5.78 Å². The highest BCUT2D eigenvalue weighted by molar-refractivity contribution is 5.79. The van der Waals surface area contributed by atoms with Gasteiger partial charge >= 0.3 is 0 Å². The second-order valence-corrected chi connectivity index (χ2v) is 4.20. The average Bonchev–Trinajstić information content (AvgIpc) is 2.86. The van der Waals surface area contributed by atoms with Crippen LogP contribution in [-0.4, -0.2) is 23.0 Å². The van der Waals surface area contributed by atoms with Crippen LogP contribution in [0.5, 0.6) is 5.75 Å². The molecule has 0 bridgehead atoms. The zero-order valence-corrected chi connectivity index (χ0v) is 11.0. The Bertz CT molecular complexity index is 546. The summed E-state index contributed by atoms with van der Waals surface area (Å²) in [4.78, 5) is 15.5. The molecule has 0 aliphatic heterocycles. The van der Waals surface area contributed by atoms with Gasteiger partial charge in [-0.1, -0.05) is 24.2 Å². The fraction of sp³-hybridized carbons (Fsp3) is 0.357. The molecule has 1 aromatic carbocycles. The third-order valence-corrected chi connectivity index (χ3v) is 2.77. The van der Waals surface area contributed by atoms with Gasteiger partial charge in [-0.25, -0.2) is 0 Å². The molecule has 0 aliphatic carbocycles. The van der Waals surface area contributed by atoms with E-state index in [1.165, 1.54) is 0 Å². The number of rotatable bonds is 6. The number of aromatic nitrogens is 2. The van der Waals surface area contributed by atoms with Crippen molar-refractivity contribution in [1.29, 1.82) is 0 Å². The van der Waals surface area contributed by atoms with E-state index in [2.05, 4.69) is 10.1 Å². The molecule has 0 unspecified atom stereocenters. The average molecular weight is 260 g/mol. The highest BCUT2D eigenvalue weighted by atomic mass is 16.5. The Hall–Kier alpha value is -2.17. The molecule has 1 aromatic heterocycles. The maximum absolute atomic E-state index is 11.3. The van der Waals surface area contributed by atoms with Crippen molar-refractivity contribution in [2.45, 2.75) is 26.2 Å². The SMILES string of the molecule is CCC(=O)Cc1nc(Cc2ccc(OC)cc2)no1. The van der Waals surface area contributed by atoms with Gasteiger partial charge in [-0.3, -0.25) is 4.79 Å². The minimum absolute atomic E-state index is 0.0969. The van der Waals surface area contributed by atoms with Crippen LogP contribution in [0.3, 0.4) is 0 Å². The van der Waals surface area contributed by atoms with Crippen LogP contribution in [0.25, 0.3) is 0 Å². The summed E-state index contributed by atoms with van der Waals surface area (Å²) in [6.45, 7) is 1.82. The van der Waals surface area contributed by atoms with Crippen LogP contribution in [0.2, 0.25) is 0 Å². The van der Waals surface area contributed by atoms with E-state index in [-0.39, 0.29) is 12.2 Å². The first-order valence-electron chi connectivity index (χ1n) is 6.17. The summed E-state index contributed by atoms with van der Waals surface area (Å²) in [5.41, 5.74) is 1.06. The van der Waals surface area contributed by atoms with Crippen molar-refractivity contribution in [3.63, 3.8) is 0 Å². The first-order valence-corrected chi connectivity index (χ1v) is 6.17. The van der Waals surface area contributed by atoms with E-state index in [9.17, 15) is 4.79 Å². The predicted octanol–water partition coefficient (Wildman–Crippen LogP) is 2.19. The van der Waals surface area contributed by atoms with Crippen molar-refractivity contribution in [1.82, 2.24) is 10.1 Å². The molecule has 100 valence electrons. The molecule has 1 heterocycles. The van der Waals surface area contributed by atoms with Gasteiger partial charge in [-0.2, -0.15) is 4.98 Å². The lowest BCUT2D eigenvalue weighted by atomic mass is 10.1. The smallest absolute Gasteiger partial charge is 0.234 e. The lowest BCUT2D eigenvalue weighted by Crippen LogP contribution is -2.00. The van der Waals surface area contributed by atoms with Gasteiger partial charge in [0.15, 0.2) is 5.82 Å². The maximum atomic E-state index is 11.3. The molecule has 0 saturated carbocycles. The highest BCUT2D eigenvalue weighted by Crippen LogP contribution is 2.13. The van der Waals surface area contributed by atoms with Gasteiger partial charge in [0.2, 0.25) is 5.89 Å². The van der Waals surface area contributed by atoms with Crippen molar-refractivity contribution < 1.29 is 14.1 Å². The van der Waals surface area contributed by atoms with Crippen molar-refractivity contribution in [3.8, 4) is 5.75 Å². The van der Waals surface area contributed by atoms with Crippen LogP contribution in [-0.2, 0) is 17.6 Å². The molecule has 2 rings (SSSR count). The third kappa shape index (κ3) is 3.64. The molecule has 0 saturated heterocycles. The lowest BCUT2D eigenvalue weighted by Gasteiger charge is -2.00. The molecule has 0 amide bonds. The molecule has 5 nitrogen and oxygen atoms in total. The second-order valence-electron chi connectivity index (χ2n) is 4.20. The molecule has 0 aliphatic rings. The quantitative estimate of drug-likeness (QED) is 0.796. The number of benzene rings is 1. The zero-order valence-electron chi connectivity index (χ0n) is 11.0. The van der Waals surface area contributed by atoms with E-state index in [0.717, 1.165) is 11.3 Å². The molecular weight excluding hydrogens is 244 g/mol. The van der Waals surface area contributed by atoms with Gasteiger partial charge in [0.25, 0.3) is 0 Å². The van der Waals surface area contributed by atoms with Crippen LogP contribution in [0.15, 0.2) is 28.8 Å². The van der Waals surface area contributed by atoms with Gasteiger partial charge in [0, 0.05) is 12.8 Å². The van der Waals surface area contributed by atoms with E-state index in [0.29, 0.717) is 24.6 Å². The topological polar surface area (TPSA) is 65.2 Å². The molecule has 0 spiro atoms. The van der Waals surface area contributed by atoms with Crippen molar-refractivity contribution in [3.05, 3.63) is 41.5 Å². The third-order valence-electron chi connectivity index (χ3n) is 2.77. The van der Waals surface area contributed by atoms with Crippen LogP contribution in [0.1, 0.15) is 30.6 Å². The molecule has 0 N–H and O–H groups in total. The number of carbonyl (C=O) groups is 1. The monoisotopic (exact) mass is 260 g/mol. The lowest BCUT2D eigenvalue weighted by molar-refractivity contribution is -0.118. The van der Waals surface area contributed by atoms with Crippen LogP contribution >= 0.6 is 0 Å². The van der Waals surface area contributed by atoms with Gasteiger partial charge in [0.1, 0.15) is 11.5 Å². The molecule has 0 radical (unpaired) electrons. The molecule has 0 atom stereocenters. The first kappa shape index (κ1) is 13.3. The number of ketones is 1. The molecule has 19 heavy (non-hydrogen) atoms. The van der Waals surface area contributed by atoms with E-state index < -0.39 is 0 Å². The van der Waals surface area contributed by atoms with Crippen LogP contribution in [0.4, 0.5) is 0 Å². The molecule has 2 aromatic rings. The van der Waals surface area contributed by atoms with E-state index >= 15 is 0 Å². The number of carbonyl (C=O) groups excluding carboxylic acids is 1. The van der Waals surface area contributed by atoms with Gasteiger partial charge in [0.05, 0.1) is 13.5 Å². The van der Waals surface area contributed by atoms with Gasteiger partial charge in [-0.15, -0.1) is 0 Å². The Kier molecular flexibility index (Phi) is 4.28. The van der Waals surface area contributed by atoms with E-state index in [1.54, 1.807) is 7.11 Å². The number of Topliss-reactive ketones (excluding diaryl/α,β-unsaturated/α-hetero) is 1. The van der Waals surface area contributed by atoms with Crippen LogP contribution < -0.4 is 4.74 Å². The summed E-state index contributed by atoms with van der Waals surface area (Å²) in [6.07, 6.45) is 1.27. The summed E-state index contributed by atoms with van der Waals surface area (Å²) in [7, 11) is 1.63. The standard InChI is InChI=1S/C14H16N2O3/c1-3-11(17)9-14-15-13(16-19-14)8-10-4-6-12(18-2)7-5-10/h4-7H,3,8-9H2,1-2H3. The van der Waals surface area contributed by atoms with E-state index in [1.807, 2.05) is 31.2 Å². The number of methoxy groups -OCH3 is 1. The largest absolute Gasteiger partial charge is 0.497 e. The first-order chi connectivity index (χ1) is 9.21. The zero-order chi connectivity index (χ0) is 13.7. The van der Waals surface area contributed by atoms with E-state index in [4.69, 9.17) is 9.26 Å². The molecule has 0 fully saturated rings.